The fourth-order valence-corrected chi connectivity index (χ4v) is 2.84. The molecular formula is C15H13Br2FO. The summed E-state index contributed by atoms with van der Waals surface area (Å²) in [5.41, 5.74) is 2.75. The zero-order valence-corrected chi connectivity index (χ0v) is 13.8. The van der Waals surface area contributed by atoms with Crippen molar-refractivity contribution in [3.63, 3.8) is 0 Å². The number of alkyl halides is 1. The van der Waals surface area contributed by atoms with E-state index in [0.717, 1.165) is 15.6 Å². The van der Waals surface area contributed by atoms with Crippen LogP contribution in [0.2, 0.25) is 0 Å². The fraction of sp³-hybridized carbons (Fsp3) is 0.200. The Morgan fingerprint density at radius 3 is 2.47 bits per heavy atom. The van der Waals surface area contributed by atoms with Gasteiger partial charge in [0.2, 0.25) is 0 Å². The van der Waals surface area contributed by atoms with Crippen LogP contribution in [-0.2, 0) is 0 Å². The number of hydrogen-bond acceptors (Lipinski definition) is 1. The molecule has 0 saturated heterocycles. The minimum absolute atomic E-state index is 0.185. The summed E-state index contributed by atoms with van der Waals surface area (Å²) in [7, 11) is 1.52. The number of hydrogen-bond donors (Lipinski definition) is 0. The molecule has 0 amide bonds. The first-order valence-electron chi connectivity index (χ1n) is 5.76. The molecule has 1 nitrogen and oxygen atoms in total. The van der Waals surface area contributed by atoms with Crippen LogP contribution < -0.4 is 4.74 Å². The molecule has 0 aliphatic heterocycles. The Labute approximate surface area is 129 Å². The highest BCUT2D eigenvalue weighted by Gasteiger charge is 2.16. The molecule has 1 atom stereocenters. The Kier molecular flexibility index (Phi) is 4.63. The topological polar surface area (TPSA) is 9.23 Å². The largest absolute Gasteiger partial charge is 0.497 e. The Morgan fingerprint density at radius 1 is 1.16 bits per heavy atom. The third-order valence-electron chi connectivity index (χ3n) is 2.97. The van der Waals surface area contributed by atoms with Gasteiger partial charge in [0.15, 0.2) is 0 Å². The predicted octanol–water partition coefficient (Wildman–Crippen LogP) is 5.39. The van der Waals surface area contributed by atoms with Gasteiger partial charge in [0.05, 0.1) is 11.9 Å². The number of methoxy groups -OCH3 is 1. The van der Waals surface area contributed by atoms with Gasteiger partial charge in [0.1, 0.15) is 11.6 Å². The smallest absolute Gasteiger partial charge is 0.131 e. The summed E-state index contributed by atoms with van der Waals surface area (Å²) in [6.45, 7) is 2.02. The highest BCUT2D eigenvalue weighted by molar-refractivity contribution is 9.10. The number of aryl methyl sites for hydroxylation is 1. The van der Waals surface area contributed by atoms with E-state index >= 15 is 0 Å². The van der Waals surface area contributed by atoms with Crippen molar-refractivity contribution in [1.29, 1.82) is 0 Å². The third-order valence-corrected chi connectivity index (χ3v) is 4.85. The number of benzene rings is 2. The van der Waals surface area contributed by atoms with Crippen LogP contribution in [0.1, 0.15) is 21.5 Å². The van der Waals surface area contributed by atoms with Gasteiger partial charge in [-0.25, -0.2) is 4.39 Å². The lowest BCUT2D eigenvalue weighted by Gasteiger charge is -2.13. The first-order valence-corrected chi connectivity index (χ1v) is 7.47. The summed E-state index contributed by atoms with van der Waals surface area (Å²) < 4.78 is 20.1. The molecule has 0 aromatic heterocycles. The third kappa shape index (κ3) is 3.18. The van der Waals surface area contributed by atoms with Gasteiger partial charge in [-0.15, -0.1) is 0 Å². The molecule has 0 fully saturated rings. The van der Waals surface area contributed by atoms with Gasteiger partial charge in [-0.2, -0.15) is 0 Å². The van der Waals surface area contributed by atoms with Crippen LogP contribution in [0.5, 0.6) is 5.75 Å². The van der Waals surface area contributed by atoms with Crippen LogP contribution in [0.25, 0.3) is 0 Å². The molecule has 19 heavy (non-hydrogen) atoms. The lowest BCUT2D eigenvalue weighted by Crippen LogP contribution is -1.98. The molecule has 1 unspecified atom stereocenters. The Morgan fingerprint density at radius 2 is 1.89 bits per heavy atom. The van der Waals surface area contributed by atoms with E-state index in [0.29, 0.717) is 11.3 Å². The summed E-state index contributed by atoms with van der Waals surface area (Å²) in [6.07, 6.45) is 0. The van der Waals surface area contributed by atoms with Crippen molar-refractivity contribution in [2.75, 3.05) is 7.11 Å². The van der Waals surface area contributed by atoms with Gasteiger partial charge in [-0.1, -0.05) is 50.1 Å². The number of rotatable bonds is 3. The lowest BCUT2D eigenvalue weighted by atomic mass is 10.0. The summed E-state index contributed by atoms with van der Waals surface area (Å²) in [5.74, 6) is 0.240. The van der Waals surface area contributed by atoms with E-state index in [1.807, 2.05) is 25.1 Å². The van der Waals surface area contributed by atoms with Crippen LogP contribution in [0.15, 0.2) is 40.9 Å². The van der Waals surface area contributed by atoms with Crippen LogP contribution >= 0.6 is 31.9 Å². The van der Waals surface area contributed by atoms with Crippen molar-refractivity contribution < 1.29 is 9.13 Å². The molecule has 2 aromatic rings. The SMILES string of the molecule is COc1ccc(C(Br)c2ccc(C)c(Br)c2)c(F)c1. The number of halogens is 3. The van der Waals surface area contributed by atoms with Gasteiger partial charge >= 0.3 is 0 Å². The molecule has 0 bridgehead atoms. The minimum Gasteiger partial charge on any atom is -0.497 e. The summed E-state index contributed by atoms with van der Waals surface area (Å²) in [6, 6.07) is 10.9. The maximum Gasteiger partial charge on any atom is 0.131 e. The van der Waals surface area contributed by atoms with E-state index in [1.165, 1.54) is 13.2 Å². The second kappa shape index (κ2) is 6.06. The average molecular weight is 388 g/mol. The van der Waals surface area contributed by atoms with Gasteiger partial charge in [0, 0.05) is 16.1 Å². The van der Waals surface area contributed by atoms with Crippen LogP contribution in [0, 0.1) is 12.7 Å². The Hall–Kier alpha value is -0.870. The van der Waals surface area contributed by atoms with E-state index in [9.17, 15) is 4.39 Å². The maximum absolute atomic E-state index is 14.0. The molecule has 0 aliphatic rings. The molecule has 0 radical (unpaired) electrons. The quantitative estimate of drug-likeness (QED) is 0.641. The minimum atomic E-state index is -0.280. The van der Waals surface area contributed by atoms with Crippen molar-refractivity contribution in [3.8, 4) is 5.75 Å². The highest BCUT2D eigenvalue weighted by Crippen LogP contribution is 2.35. The average Bonchev–Trinajstić information content (AvgIpc) is 2.41. The molecule has 2 aromatic carbocycles. The highest BCUT2D eigenvalue weighted by atomic mass is 79.9. The molecule has 0 saturated carbocycles. The van der Waals surface area contributed by atoms with Crippen molar-refractivity contribution >= 4 is 31.9 Å². The zero-order valence-electron chi connectivity index (χ0n) is 10.6. The van der Waals surface area contributed by atoms with Crippen LogP contribution in [-0.4, -0.2) is 7.11 Å². The Bertz CT molecular complexity index is 599. The lowest BCUT2D eigenvalue weighted by molar-refractivity contribution is 0.411. The summed E-state index contributed by atoms with van der Waals surface area (Å²) in [5, 5.41) is 0. The first-order chi connectivity index (χ1) is 9.02. The van der Waals surface area contributed by atoms with Crippen molar-refractivity contribution in [1.82, 2.24) is 0 Å². The summed E-state index contributed by atoms with van der Waals surface area (Å²) in [4.78, 5) is -0.185. The van der Waals surface area contributed by atoms with Crippen molar-refractivity contribution in [2.45, 2.75) is 11.8 Å². The summed E-state index contributed by atoms with van der Waals surface area (Å²) >= 11 is 7.04. The molecule has 100 valence electrons. The van der Waals surface area contributed by atoms with E-state index in [2.05, 4.69) is 31.9 Å². The van der Waals surface area contributed by atoms with E-state index in [4.69, 9.17) is 4.74 Å². The normalized spacial score (nSPS) is 12.3. The zero-order chi connectivity index (χ0) is 14.0. The van der Waals surface area contributed by atoms with E-state index in [1.54, 1.807) is 12.1 Å². The molecule has 0 aliphatic carbocycles. The monoisotopic (exact) mass is 386 g/mol. The maximum atomic E-state index is 14.0. The molecule has 2 rings (SSSR count). The van der Waals surface area contributed by atoms with Crippen LogP contribution in [0.4, 0.5) is 4.39 Å². The molecular weight excluding hydrogens is 375 g/mol. The second-order valence-corrected chi connectivity index (χ2v) is 6.03. The van der Waals surface area contributed by atoms with Crippen LogP contribution in [0.3, 0.4) is 0 Å². The van der Waals surface area contributed by atoms with Crippen molar-refractivity contribution in [2.24, 2.45) is 0 Å². The molecule has 0 spiro atoms. The van der Waals surface area contributed by atoms with E-state index in [-0.39, 0.29) is 10.6 Å². The molecule has 0 N–H and O–H groups in total. The first kappa shape index (κ1) is 14.5. The van der Waals surface area contributed by atoms with E-state index < -0.39 is 0 Å². The van der Waals surface area contributed by atoms with Gasteiger partial charge in [0.25, 0.3) is 0 Å². The second-order valence-electron chi connectivity index (χ2n) is 4.26. The predicted molar refractivity (Wildman–Crippen MR) is 82.6 cm³/mol. The van der Waals surface area contributed by atoms with Gasteiger partial charge in [-0.05, 0) is 30.2 Å². The van der Waals surface area contributed by atoms with Crippen molar-refractivity contribution in [3.05, 3.63) is 63.4 Å². The Balaban J connectivity index is 2.38. The number of ether oxygens (including phenoxy) is 1. The van der Waals surface area contributed by atoms with Gasteiger partial charge < -0.3 is 4.74 Å². The molecule has 4 heteroatoms. The van der Waals surface area contributed by atoms with Gasteiger partial charge in [-0.3, -0.25) is 0 Å². The fourth-order valence-electron chi connectivity index (χ4n) is 1.79. The molecule has 0 heterocycles. The standard InChI is InChI=1S/C15H13Br2FO/c1-9-3-4-10(7-13(9)16)15(17)12-6-5-11(19-2)8-14(12)18/h3-8,15H,1-2H3.